The molecule has 3 aromatic rings. The summed E-state index contributed by atoms with van der Waals surface area (Å²) < 4.78 is 0. The summed E-state index contributed by atoms with van der Waals surface area (Å²) in [6.45, 7) is 0. The van der Waals surface area contributed by atoms with Crippen LogP contribution >= 0.6 is 0 Å². The summed E-state index contributed by atoms with van der Waals surface area (Å²) in [5.74, 6) is -1.50. The van der Waals surface area contributed by atoms with E-state index in [0.717, 1.165) is 22.5 Å². The molecule has 3 aromatic carbocycles. The minimum absolute atomic E-state index is 0.343. The van der Waals surface area contributed by atoms with Crippen LogP contribution in [0.5, 0.6) is 0 Å². The van der Waals surface area contributed by atoms with E-state index in [1.54, 1.807) is 5.06 Å². The van der Waals surface area contributed by atoms with Crippen LogP contribution in [0.1, 0.15) is 11.1 Å². The van der Waals surface area contributed by atoms with Crippen LogP contribution in [-0.4, -0.2) is 23.6 Å². The van der Waals surface area contributed by atoms with E-state index >= 15 is 0 Å². The summed E-state index contributed by atoms with van der Waals surface area (Å²) >= 11 is 0. The molecule has 6 heteroatoms. The van der Waals surface area contributed by atoms with Gasteiger partial charge >= 0.3 is 0 Å². The molecule has 0 saturated carbocycles. The van der Waals surface area contributed by atoms with Crippen LogP contribution in [0.25, 0.3) is 0 Å². The first kappa shape index (κ1) is 17.1. The van der Waals surface area contributed by atoms with Gasteiger partial charge in [-0.05, 0) is 23.8 Å². The monoisotopic (exact) mass is 395 g/mol. The maximum atomic E-state index is 13.0. The van der Waals surface area contributed by atoms with Gasteiger partial charge in [0.1, 0.15) is 11.5 Å². The van der Waals surface area contributed by atoms with Crippen LogP contribution < -0.4 is 10.4 Å². The number of amides is 2. The smallest absolute Gasteiger partial charge is 0.259 e. The predicted octanol–water partition coefficient (Wildman–Crippen LogP) is 3.11. The quantitative estimate of drug-likeness (QED) is 0.677. The molecule has 6 rings (SSSR count). The molecule has 0 spiro atoms. The molecular formula is C24H17N3O3. The van der Waals surface area contributed by atoms with E-state index < -0.39 is 23.5 Å². The van der Waals surface area contributed by atoms with Crippen molar-refractivity contribution >= 4 is 28.9 Å². The molecule has 30 heavy (non-hydrogen) atoms. The number of fused-ring (bicyclic) bond motifs is 5. The van der Waals surface area contributed by atoms with Crippen LogP contribution in [0.2, 0.25) is 0 Å². The van der Waals surface area contributed by atoms with Crippen molar-refractivity contribution in [2.75, 3.05) is 5.06 Å². The topological polar surface area (TPSA) is 71.0 Å². The third-order valence-corrected chi connectivity index (χ3v) is 6.03. The van der Waals surface area contributed by atoms with Gasteiger partial charge in [0.2, 0.25) is 5.91 Å². The minimum atomic E-state index is -1.04. The van der Waals surface area contributed by atoms with Crippen molar-refractivity contribution in [3.05, 3.63) is 96.1 Å². The Kier molecular flexibility index (Phi) is 3.49. The minimum Gasteiger partial charge on any atom is -0.294 e. The number of para-hydroxylation sites is 2. The summed E-state index contributed by atoms with van der Waals surface area (Å²) in [4.78, 5) is 36.7. The fraction of sp³-hybridized carbons (Fsp3) is 0.125. The van der Waals surface area contributed by atoms with Crippen LogP contribution in [0.15, 0.2) is 89.9 Å². The number of anilines is 1. The van der Waals surface area contributed by atoms with Crippen LogP contribution in [0.3, 0.4) is 0 Å². The van der Waals surface area contributed by atoms with E-state index in [1.165, 1.54) is 0 Å². The van der Waals surface area contributed by atoms with Crippen LogP contribution in [-0.2, 0) is 20.0 Å². The van der Waals surface area contributed by atoms with Crippen molar-refractivity contribution < 1.29 is 14.4 Å². The molecule has 0 aromatic heterocycles. The summed E-state index contributed by atoms with van der Waals surface area (Å²) in [6, 6.07) is 27.1. The van der Waals surface area contributed by atoms with Crippen molar-refractivity contribution in [3.63, 3.8) is 0 Å². The van der Waals surface area contributed by atoms with Gasteiger partial charge in [0, 0.05) is 5.56 Å². The maximum absolute atomic E-state index is 13.0. The molecule has 2 saturated heterocycles. The number of aliphatic imine (C=N–C) groups is 1. The lowest BCUT2D eigenvalue weighted by molar-refractivity contribution is -0.129. The van der Waals surface area contributed by atoms with E-state index in [9.17, 15) is 9.59 Å². The van der Waals surface area contributed by atoms with Crippen molar-refractivity contribution in [3.8, 4) is 0 Å². The lowest BCUT2D eigenvalue weighted by Gasteiger charge is -2.35. The third kappa shape index (κ3) is 2.08. The largest absolute Gasteiger partial charge is 0.294 e. The molecule has 0 bridgehead atoms. The predicted molar refractivity (Wildman–Crippen MR) is 111 cm³/mol. The second kappa shape index (κ2) is 6.11. The van der Waals surface area contributed by atoms with Crippen LogP contribution in [0, 0.1) is 5.92 Å². The molecule has 1 N–H and O–H groups in total. The molecule has 0 aliphatic carbocycles. The number of rotatable bonds is 2. The Morgan fingerprint density at radius 2 is 1.50 bits per heavy atom. The van der Waals surface area contributed by atoms with Gasteiger partial charge in [-0.2, -0.15) is 0 Å². The maximum Gasteiger partial charge on any atom is 0.259 e. The Morgan fingerprint density at radius 3 is 2.27 bits per heavy atom. The SMILES string of the molecule is O=C1NC(=O)[C@H]2[C@@H]1ON1c3ccccc3C(=Nc3ccccc3)[C@@]21c1ccccc1. The zero-order valence-electron chi connectivity index (χ0n) is 15.9. The average molecular weight is 395 g/mol. The number of imide groups is 1. The van der Waals surface area contributed by atoms with Gasteiger partial charge in [0.15, 0.2) is 6.10 Å². The highest BCUT2D eigenvalue weighted by Crippen LogP contribution is 2.57. The number of nitrogens with zero attached hydrogens (tertiary/aromatic N) is 2. The van der Waals surface area contributed by atoms with Gasteiger partial charge in [-0.1, -0.05) is 66.7 Å². The highest BCUT2D eigenvalue weighted by Gasteiger charge is 2.70. The fourth-order valence-corrected chi connectivity index (χ4v) is 4.85. The molecule has 6 nitrogen and oxygen atoms in total. The van der Waals surface area contributed by atoms with Gasteiger partial charge in [-0.3, -0.25) is 19.7 Å². The zero-order chi connectivity index (χ0) is 20.3. The van der Waals surface area contributed by atoms with E-state index in [4.69, 9.17) is 9.83 Å². The van der Waals surface area contributed by atoms with Gasteiger partial charge < -0.3 is 0 Å². The van der Waals surface area contributed by atoms with E-state index in [-0.39, 0.29) is 5.91 Å². The summed E-state index contributed by atoms with van der Waals surface area (Å²) in [6.07, 6.45) is -0.896. The molecule has 0 radical (unpaired) electrons. The molecule has 3 aliphatic rings. The van der Waals surface area contributed by atoms with Crippen molar-refractivity contribution in [1.82, 2.24) is 5.32 Å². The zero-order valence-corrected chi connectivity index (χ0v) is 15.9. The van der Waals surface area contributed by atoms with Gasteiger partial charge in [-0.25, -0.2) is 10.1 Å². The molecule has 3 atom stereocenters. The van der Waals surface area contributed by atoms with Gasteiger partial charge in [0.25, 0.3) is 5.91 Å². The number of hydroxylamine groups is 1. The number of carbonyl (C=O) groups is 2. The average Bonchev–Trinajstić information content (AvgIpc) is 3.37. The number of benzene rings is 3. The highest BCUT2D eigenvalue weighted by molar-refractivity contribution is 6.23. The Morgan fingerprint density at radius 1 is 0.833 bits per heavy atom. The first-order valence-electron chi connectivity index (χ1n) is 9.82. The lowest BCUT2D eigenvalue weighted by Crippen LogP contribution is -2.50. The Hall–Kier alpha value is -3.77. The number of hydrogen-bond acceptors (Lipinski definition) is 5. The second-order valence-electron chi connectivity index (χ2n) is 7.60. The van der Waals surface area contributed by atoms with Crippen molar-refractivity contribution in [2.24, 2.45) is 10.9 Å². The molecule has 0 unspecified atom stereocenters. The Balaban J connectivity index is 1.70. The normalized spacial score (nSPS) is 27.7. The standard InChI is InChI=1S/C24H17N3O3/c28-22-19-20(23(29)26-22)30-27-18-14-8-7-13-17(18)21(25-16-11-5-2-6-12-16)24(19,27)15-9-3-1-4-10-15/h1-14,19-20H,(H,26,28,29)/t19-,20+,24-/m1/s1. The highest BCUT2D eigenvalue weighted by atomic mass is 16.7. The Labute approximate surface area is 172 Å². The van der Waals surface area contributed by atoms with Crippen molar-refractivity contribution in [2.45, 2.75) is 11.6 Å². The molecule has 3 heterocycles. The first-order valence-corrected chi connectivity index (χ1v) is 9.82. The lowest BCUT2D eigenvalue weighted by atomic mass is 9.73. The van der Waals surface area contributed by atoms with Gasteiger partial charge in [0.05, 0.1) is 17.1 Å². The van der Waals surface area contributed by atoms with E-state index in [0.29, 0.717) is 5.71 Å². The third-order valence-electron chi connectivity index (χ3n) is 6.03. The van der Waals surface area contributed by atoms with Crippen LogP contribution in [0.4, 0.5) is 11.4 Å². The number of hydrogen-bond donors (Lipinski definition) is 1. The second-order valence-corrected chi connectivity index (χ2v) is 7.60. The summed E-state index contributed by atoms with van der Waals surface area (Å²) in [7, 11) is 0. The van der Waals surface area contributed by atoms with Gasteiger partial charge in [-0.15, -0.1) is 0 Å². The molecule has 2 amide bonds. The number of nitrogens with one attached hydrogen (secondary N) is 1. The van der Waals surface area contributed by atoms with Crippen molar-refractivity contribution in [1.29, 1.82) is 0 Å². The summed E-state index contributed by atoms with van der Waals surface area (Å²) in [5, 5.41) is 4.18. The Bertz CT molecular complexity index is 1210. The van der Waals surface area contributed by atoms with E-state index in [2.05, 4.69) is 5.32 Å². The first-order chi connectivity index (χ1) is 14.7. The summed E-state index contributed by atoms with van der Waals surface area (Å²) in [5.41, 5.74) is 2.97. The fourth-order valence-electron chi connectivity index (χ4n) is 4.85. The van der Waals surface area contributed by atoms with E-state index in [1.807, 2.05) is 84.9 Å². The number of carbonyl (C=O) groups excluding carboxylic acids is 2. The molecule has 3 aliphatic heterocycles. The molecule has 2 fully saturated rings. The molecular weight excluding hydrogens is 378 g/mol. The molecule has 146 valence electrons.